The molecular formula is C10H13ClN4O2S. The zero-order valence-electron chi connectivity index (χ0n) is 9.67. The molecule has 2 aromatic heterocycles. The molecule has 0 spiro atoms. The Bertz CT molecular complexity index is 525. The molecule has 2 aromatic rings. The number of aromatic nitrogens is 2. The third-order valence-corrected chi connectivity index (χ3v) is 2.93. The van der Waals surface area contributed by atoms with E-state index in [1.54, 1.807) is 11.4 Å². The van der Waals surface area contributed by atoms with Crippen LogP contribution in [0, 0.1) is 6.92 Å². The molecule has 1 amide bonds. The van der Waals surface area contributed by atoms with Gasteiger partial charge in [0, 0.05) is 18.0 Å². The van der Waals surface area contributed by atoms with Crippen molar-refractivity contribution in [3.63, 3.8) is 0 Å². The van der Waals surface area contributed by atoms with E-state index in [1.807, 2.05) is 6.92 Å². The predicted octanol–water partition coefficient (Wildman–Crippen LogP) is 1.25. The topological polar surface area (TPSA) is 94.0 Å². The van der Waals surface area contributed by atoms with Gasteiger partial charge < -0.3 is 15.6 Å². The Kier molecular flexibility index (Phi) is 5.26. The zero-order valence-corrected chi connectivity index (χ0v) is 11.3. The maximum atomic E-state index is 11.7. The second-order valence-corrected chi connectivity index (χ2v) is 4.39. The predicted molar refractivity (Wildman–Crippen MR) is 69.7 cm³/mol. The van der Waals surface area contributed by atoms with Crippen molar-refractivity contribution < 1.29 is 9.32 Å². The lowest BCUT2D eigenvalue weighted by Gasteiger charge is -1.98. The van der Waals surface area contributed by atoms with Crippen LogP contribution in [0.5, 0.6) is 0 Å². The van der Waals surface area contributed by atoms with Crippen LogP contribution in [0.2, 0.25) is 0 Å². The van der Waals surface area contributed by atoms with E-state index in [0.717, 1.165) is 10.7 Å². The van der Waals surface area contributed by atoms with Crippen molar-refractivity contribution in [2.45, 2.75) is 20.0 Å². The van der Waals surface area contributed by atoms with Gasteiger partial charge in [-0.2, -0.15) is 0 Å². The molecule has 18 heavy (non-hydrogen) atoms. The van der Waals surface area contributed by atoms with Crippen molar-refractivity contribution in [1.82, 2.24) is 15.5 Å². The number of aryl methyl sites for hydroxylation is 1. The van der Waals surface area contributed by atoms with E-state index in [4.69, 9.17) is 10.3 Å². The molecule has 6 nitrogen and oxygen atoms in total. The van der Waals surface area contributed by atoms with Gasteiger partial charge in [-0.15, -0.1) is 23.7 Å². The highest BCUT2D eigenvalue weighted by molar-refractivity contribution is 7.09. The normalized spacial score (nSPS) is 9.89. The van der Waals surface area contributed by atoms with Gasteiger partial charge in [-0.05, 0) is 6.92 Å². The molecule has 2 heterocycles. The summed E-state index contributed by atoms with van der Waals surface area (Å²) >= 11 is 1.37. The molecule has 0 fully saturated rings. The molecule has 2 rings (SSSR count). The minimum atomic E-state index is -0.241. The largest absolute Gasteiger partial charge is 0.359 e. The molecular weight excluding hydrogens is 276 g/mol. The minimum absolute atomic E-state index is 0. The molecule has 0 saturated carbocycles. The summed E-state index contributed by atoms with van der Waals surface area (Å²) in [6.45, 7) is 2.47. The molecule has 0 saturated heterocycles. The number of halogens is 1. The fourth-order valence-electron chi connectivity index (χ4n) is 1.27. The number of nitrogens with two attached hydrogens (primary N) is 1. The Balaban J connectivity index is 0.00000162. The summed E-state index contributed by atoms with van der Waals surface area (Å²) in [7, 11) is 0. The number of carbonyl (C=O) groups excluding carboxylic acids is 1. The highest BCUT2D eigenvalue weighted by atomic mass is 35.5. The Labute approximate surface area is 114 Å². The van der Waals surface area contributed by atoms with Gasteiger partial charge in [-0.25, -0.2) is 4.98 Å². The number of nitrogens with zero attached hydrogens (tertiary/aromatic N) is 2. The van der Waals surface area contributed by atoms with Crippen molar-refractivity contribution in [3.05, 3.63) is 33.6 Å². The third-order valence-electron chi connectivity index (χ3n) is 2.06. The standard InChI is InChI=1S/C10H12N4O2S.ClH/c1-6-2-7(16-14-6)4-12-10(15)8-5-17-9(3-11)13-8;/h2,5H,3-4,11H2,1H3,(H,12,15);1H. The lowest BCUT2D eigenvalue weighted by atomic mass is 10.3. The summed E-state index contributed by atoms with van der Waals surface area (Å²) in [6.07, 6.45) is 0. The van der Waals surface area contributed by atoms with Gasteiger partial charge in [0.1, 0.15) is 10.7 Å². The summed E-state index contributed by atoms with van der Waals surface area (Å²) in [6, 6.07) is 1.77. The van der Waals surface area contributed by atoms with Crippen LogP contribution < -0.4 is 11.1 Å². The van der Waals surface area contributed by atoms with Gasteiger partial charge in [-0.1, -0.05) is 5.16 Å². The summed E-state index contributed by atoms with van der Waals surface area (Å²) < 4.78 is 4.97. The SMILES string of the molecule is Cc1cc(CNC(=O)c2csc(CN)n2)on1.Cl. The number of amides is 1. The summed E-state index contributed by atoms with van der Waals surface area (Å²) in [5.74, 6) is 0.375. The molecule has 0 aliphatic rings. The average molecular weight is 289 g/mol. The minimum Gasteiger partial charge on any atom is -0.359 e. The van der Waals surface area contributed by atoms with Crippen molar-refractivity contribution in [2.75, 3.05) is 0 Å². The quantitative estimate of drug-likeness (QED) is 0.883. The van der Waals surface area contributed by atoms with Crippen molar-refractivity contribution >= 4 is 29.7 Å². The number of hydrogen-bond acceptors (Lipinski definition) is 6. The van der Waals surface area contributed by atoms with Gasteiger partial charge >= 0.3 is 0 Å². The lowest BCUT2D eigenvalue weighted by Crippen LogP contribution is -2.23. The smallest absolute Gasteiger partial charge is 0.271 e. The fraction of sp³-hybridized carbons (Fsp3) is 0.300. The molecule has 0 atom stereocenters. The van der Waals surface area contributed by atoms with Crippen molar-refractivity contribution in [1.29, 1.82) is 0 Å². The summed E-state index contributed by atoms with van der Waals surface area (Å²) in [5, 5.41) is 8.85. The highest BCUT2D eigenvalue weighted by Gasteiger charge is 2.10. The van der Waals surface area contributed by atoms with Crippen LogP contribution in [-0.2, 0) is 13.1 Å². The van der Waals surface area contributed by atoms with Gasteiger partial charge in [0.2, 0.25) is 0 Å². The summed E-state index contributed by atoms with van der Waals surface area (Å²) in [5.41, 5.74) is 6.59. The highest BCUT2D eigenvalue weighted by Crippen LogP contribution is 2.09. The van der Waals surface area contributed by atoms with Crippen LogP contribution in [0.4, 0.5) is 0 Å². The van der Waals surface area contributed by atoms with E-state index >= 15 is 0 Å². The maximum absolute atomic E-state index is 11.7. The number of nitrogens with one attached hydrogen (secondary N) is 1. The van der Waals surface area contributed by atoms with Crippen LogP contribution >= 0.6 is 23.7 Å². The third kappa shape index (κ3) is 3.52. The first-order valence-corrected chi connectivity index (χ1v) is 5.92. The first kappa shape index (κ1) is 14.6. The Morgan fingerprint density at radius 1 is 1.61 bits per heavy atom. The van der Waals surface area contributed by atoms with E-state index in [9.17, 15) is 4.79 Å². The van der Waals surface area contributed by atoms with Crippen LogP contribution in [0.3, 0.4) is 0 Å². The Morgan fingerprint density at radius 3 is 2.94 bits per heavy atom. The molecule has 0 aliphatic carbocycles. The second kappa shape index (κ2) is 6.48. The molecule has 0 aromatic carbocycles. The van der Waals surface area contributed by atoms with Crippen molar-refractivity contribution in [3.8, 4) is 0 Å². The second-order valence-electron chi connectivity index (χ2n) is 3.45. The Hall–Kier alpha value is -1.44. The maximum Gasteiger partial charge on any atom is 0.271 e. The number of hydrogen-bond donors (Lipinski definition) is 2. The fourth-order valence-corrected chi connectivity index (χ4v) is 1.92. The monoisotopic (exact) mass is 288 g/mol. The zero-order chi connectivity index (χ0) is 12.3. The molecule has 8 heteroatoms. The van der Waals surface area contributed by atoms with Crippen LogP contribution in [0.25, 0.3) is 0 Å². The molecule has 0 unspecified atom stereocenters. The molecule has 3 N–H and O–H groups in total. The van der Waals surface area contributed by atoms with E-state index in [1.165, 1.54) is 11.3 Å². The summed E-state index contributed by atoms with van der Waals surface area (Å²) in [4.78, 5) is 15.8. The van der Waals surface area contributed by atoms with E-state index in [0.29, 0.717) is 24.5 Å². The van der Waals surface area contributed by atoms with Gasteiger partial charge in [0.05, 0.1) is 12.2 Å². The van der Waals surface area contributed by atoms with Gasteiger partial charge in [-0.3, -0.25) is 4.79 Å². The number of carbonyl (C=O) groups is 1. The first-order valence-electron chi connectivity index (χ1n) is 5.04. The van der Waals surface area contributed by atoms with E-state index in [-0.39, 0.29) is 18.3 Å². The van der Waals surface area contributed by atoms with Crippen LogP contribution in [-0.4, -0.2) is 16.0 Å². The van der Waals surface area contributed by atoms with Gasteiger partial charge in [0.25, 0.3) is 5.91 Å². The first-order chi connectivity index (χ1) is 8.19. The Morgan fingerprint density at radius 2 is 2.39 bits per heavy atom. The molecule has 0 radical (unpaired) electrons. The lowest BCUT2D eigenvalue weighted by molar-refractivity contribution is 0.0942. The molecule has 0 aliphatic heterocycles. The van der Waals surface area contributed by atoms with Crippen LogP contribution in [0.1, 0.15) is 27.0 Å². The number of rotatable bonds is 4. The average Bonchev–Trinajstić information content (AvgIpc) is 2.94. The number of thiazole rings is 1. The van der Waals surface area contributed by atoms with E-state index in [2.05, 4.69) is 15.5 Å². The molecule has 0 bridgehead atoms. The molecule has 98 valence electrons. The van der Waals surface area contributed by atoms with Crippen LogP contribution in [0.15, 0.2) is 16.0 Å². The van der Waals surface area contributed by atoms with Crippen molar-refractivity contribution in [2.24, 2.45) is 5.73 Å². The van der Waals surface area contributed by atoms with E-state index < -0.39 is 0 Å². The van der Waals surface area contributed by atoms with Gasteiger partial charge in [0.15, 0.2) is 5.76 Å².